The summed E-state index contributed by atoms with van der Waals surface area (Å²) in [5, 5.41) is 0. The van der Waals surface area contributed by atoms with Crippen molar-refractivity contribution >= 4 is 17.3 Å². The molecule has 1 saturated carbocycles. The molecule has 0 amide bonds. The molecule has 0 aromatic heterocycles. The van der Waals surface area contributed by atoms with Gasteiger partial charge >= 0.3 is 0 Å². The summed E-state index contributed by atoms with van der Waals surface area (Å²) in [6.45, 7) is 0. The third-order valence-corrected chi connectivity index (χ3v) is 7.12. The van der Waals surface area contributed by atoms with Gasteiger partial charge in [-0.25, -0.2) is 0 Å². The molecule has 0 aliphatic heterocycles. The highest BCUT2D eigenvalue weighted by Crippen LogP contribution is 2.68. The van der Waals surface area contributed by atoms with Crippen LogP contribution in [-0.4, -0.2) is 17.3 Å². The van der Waals surface area contributed by atoms with E-state index in [2.05, 4.69) is 0 Å². The Morgan fingerprint density at radius 3 is 1.30 bits per heavy atom. The fraction of sp³-hybridized carbons (Fsp3) is 0.100. The summed E-state index contributed by atoms with van der Waals surface area (Å²) < 4.78 is 0. The molecule has 158 valence electrons. The lowest BCUT2D eigenvalue weighted by atomic mass is 9.72. The molecule has 0 N–H and O–H groups in total. The number of fused-ring (bicyclic) bond motifs is 4. The third kappa shape index (κ3) is 2.66. The highest BCUT2D eigenvalue weighted by molar-refractivity contribution is 6.18. The number of hydrogen-bond acceptors (Lipinski definition) is 3. The third-order valence-electron chi connectivity index (χ3n) is 7.12. The lowest BCUT2D eigenvalue weighted by molar-refractivity contribution is 0.0906. The predicted molar refractivity (Wildman–Crippen MR) is 126 cm³/mol. The summed E-state index contributed by atoms with van der Waals surface area (Å²) in [5.41, 5.74) is 3.00. The Balaban J connectivity index is 1.62. The van der Waals surface area contributed by atoms with E-state index in [0.717, 1.165) is 11.1 Å². The molecule has 2 aliphatic carbocycles. The molecule has 1 fully saturated rings. The molecule has 33 heavy (non-hydrogen) atoms. The molecule has 3 nitrogen and oxygen atoms in total. The molecule has 1 spiro atoms. The highest BCUT2D eigenvalue weighted by Gasteiger charge is 2.74. The van der Waals surface area contributed by atoms with Gasteiger partial charge in [-0.05, 0) is 11.1 Å². The Kier molecular flexibility index (Phi) is 4.27. The summed E-state index contributed by atoms with van der Waals surface area (Å²) >= 11 is 0. The van der Waals surface area contributed by atoms with E-state index in [0.29, 0.717) is 22.3 Å². The van der Waals surface area contributed by atoms with E-state index in [9.17, 15) is 14.4 Å². The molecule has 2 aliphatic rings. The van der Waals surface area contributed by atoms with Crippen LogP contribution in [0.15, 0.2) is 109 Å². The first kappa shape index (κ1) is 19.6. The van der Waals surface area contributed by atoms with E-state index in [-0.39, 0.29) is 17.3 Å². The van der Waals surface area contributed by atoms with Crippen molar-refractivity contribution in [3.8, 4) is 0 Å². The molecular formula is C30H20O3. The first-order valence-electron chi connectivity index (χ1n) is 11.1. The van der Waals surface area contributed by atoms with Gasteiger partial charge in [0.05, 0.1) is 0 Å². The van der Waals surface area contributed by atoms with E-state index in [1.54, 1.807) is 24.3 Å². The number of carbonyl (C=O) groups excluding carboxylic acids is 3. The Labute approximate surface area is 191 Å². The van der Waals surface area contributed by atoms with Gasteiger partial charge < -0.3 is 0 Å². The van der Waals surface area contributed by atoms with Gasteiger partial charge in [0.1, 0.15) is 0 Å². The number of ketones is 3. The zero-order valence-corrected chi connectivity index (χ0v) is 17.8. The van der Waals surface area contributed by atoms with Crippen LogP contribution < -0.4 is 0 Å². The highest BCUT2D eigenvalue weighted by atomic mass is 16.1. The normalized spacial score (nSPS) is 19.5. The average molecular weight is 428 g/mol. The van der Waals surface area contributed by atoms with Crippen LogP contribution in [0.5, 0.6) is 0 Å². The van der Waals surface area contributed by atoms with E-state index in [1.165, 1.54) is 0 Å². The van der Waals surface area contributed by atoms with Crippen LogP contribution in [0.2, 0.25) is 0 Å². The molecule has 2 atom stereocenters. The van der Waals surface area contributed by atoms with Gasteiger partial charge in [-0.2, -0.15) is 0 Å². The van der Waals surface area contributed by atoms with Gasteiger partial charge in [-0.3, -0.25) is 14.4 Å². The van der Waals surface area contributed by atoms with Crippen molar-refractivity contribution in [2.75, 3.05) is 0 Å². The van der Waals surface area contributed by atoms with Crippen LogP contribution in [0.1, 0.15) is 47.8 Å². The number of rotatable bonds is 4. The topological polar surface area (TPSA) is 51.2 Å². The standard InChI is InChI=1S/C30H20O3/c31-27(19-11-3-1-4-12-19)25-26(28(32)20-13-5-2-6-14-20)30(25)23-17-9-7-15-21(23)29(33)22-16-8-10-18-24(22)30/h1-18,25-26H/t25-,26+. The zero-order valence-electron chi connectivity index (χ0n) is 17.8. The summed E-state index contributed by atoms with van der Waals surface area (Å²) in [5.74, 6) is -1.35. The molecule has 0 saturated heterocycles. The maximum absolute atomic E-state index is 13.9. The van der Waals surface area contributed by atoms with Gasteiger partial charge in [-0.15, -0.1) is 0 Å². The first-order valence-corrected chi connectivity index (χ1v) is 11.1. The van der Waals surface area contributed by atoms with E-state index in [1.807, 2.05) is 84.9 Å². The summed E-state index contributed by atoms with van der Waals surface area (Å²) in [4.78, 5) is 41.1. The van der Waals surface area contributed by atoms with E-state index >= 15 is 0 Å². The lowest BCUT2D eigenvalue weighted by Crippen LogP contribution is -2.29. The van der Waals surface area contributed by atoms with E-state index in [4.69, 9.17) is 0 Å². The van der Waals surface area contributed by atoms with Crippen molar-refractivity contribution < 1.29 is 14.4 Å². The van der Waals surface area contributed by atoms with Crippen molar-refractivity contribution in [1.82, 2.24) is 0 Å². The molecule has 0 heterocycles. The largest absolute Gasteiger partial charge is 0.294 e. The zero-order chi connectivity index (χ0) is 22.6. The number of hydrogen-bond donors (Lipinski definition) is 0. The summed E-state index contributed by atoms with van der Waals surface area (Å²) in [7, 11) is 0. The van der Waals surface area contributed by atoms with Gasteiger partial charge in [0.2, 0.25) is 0 Å². The fourth-order valence-electron chi connectivity index (χ4n) is 5.71. The Morgan fingerprint density at radius 2 is 0.879 bits per heavy atom. The Morgan fingerprint density at radius 1 is 0.515 bits per heavy atom. The second-order valence-electron chi connectivity index (χ2n) is 8.71. The minimum absolute atomic E-state index is 0.0597. The van der Waals surface area contributed by atoms with Crippen LogP contribution in [0.4, 0.5) is 0 Å². The van der Waals surface area contributed by atoms with Crippen molar-refractivity contribution in [3.63, 3.8) is 0 Å². The molecule has 6 rings (SSSR count). The molecule has 0 unspecified atom stereocenters. The van der Waals surface area contributed by atoms with Gasteiger partial charge in [0, 0.05) is 39.5 Å². The van der Waals surface area contributed by atoms with Crippen molar-refractivity contribution in [2.24, 2.45) is 11.8 Å². The molecular weight excluding hydrogens is 408 g/mol. The Bertz CT molecular complexity index is 1310. The minimum Gasteiger partial charge on any atom is -0.294 e. The first-order chi connectivity index (χ1) is 16.2. The van der Waals surface area contributed by atoms with Crippen molar-refractivity contribution in [1.29, 1.82) is 0 Å². The number of Topliss-reactive ketones (excluding diaryl/α,β-unsaturated/α-hetero) is 2. The van der Waals surface area contributed by atoms with Gasteiger partial charge in [-0.1, -0.05) is 109 Å². The van der Waals surface area contributed by atoms with Crippen LogP contribution >= 0.6 is 0 Å². The molecule has 3 heteroatoms. The smallest absolute Gasteiger partial charge is 0.193 e. The summed E-state index contributed by atoms with van der Waals surface area (Å²) in [6.07, 6.45) is 0. The van der Waals surface area contributed by atoms with Gasteiger partial charge in [0.25, 0.3) is 0 Å². The van der Waals surface area contributed by atoms with Crippen LogP contribution in [0.3, 0.4) is 0 Å². The molecule has 4 aromatic carbocycles. The maximum Gasteiger partial charge on any atom is 0.193 e. The molecule has 4 aromatic rings. The summed E-state index contributed by atoms with van der Waals surface area (Å²) in [6, 6.07) is 33.1. The SMILES string of the molecule is O=C1c2ccccc2C2(c3ccccc31)[C@H](C(=O)c1ccccc1)[C@@H]2C(=O)c1ccccc1. The maximum atomic E-state index is 13.9. The van der Waals surface area contributed by atoms with E-state index < -0.39 is 17.3 Å². The number of carbonyl (C=O) groups is 3. The fourth-order valence-corrected chi connectivity index (χ4v) is 5.71. The van der Waals surface area contributed by atoms with Gasteiger partial charge in [0.15, 0.2) is 17.3 Å². The number of benzene rings is 4. The quantitative estimate of drug-likeness (QED) is 0.402. The predicted octanol–water partition coefficient (Wildman–Crippen LogP) is 5.53. The van der Waals surface area contributed by atoms with Crippen molar-refractivity contribution in [2.45, 2.75) is 5.41 Å². The Hall–Kier alpha value is -4.11. The van der Waals surface area contributed by atoms with Crippen LogP contribution in [0, 0.1) is 11.8 Å². The molecule has 0 bridgehead atoms. The van der Waals surface area contributed by atoms with Crippen LogP contribution in [0.25, 0.3) is 0 Å². The second-order valence-corrected chi connectivity index (χ2v) is 8.71. The second kappa shape index (κ2) is 7.21. The molecule has 0 radical (unpaired) electrons. The van der Waals surface area contributed by atoms with Crippen LogP contribution in [-0.2, 0) is 5.41 Å². The average Bonchev–Trinajstić information content (AvgIpc) is 3.58. The minimum atomic E-state index is -0.860. The van der Waals surface area contributed by atoms with Crippen molar-refractivity contribution in [3.05, 3.63) is 143 Å². The lowest BCUT2D eigenvalue weighted by Gasteiger charge is -2.29. The monoisotopic (exact) mass is 428 g/mol.